The molecule has 0 fully saturated rings. The van der Waals surface area contributed by atoms with E-state index in [-0.39, 0.29) is 17.0 Å². The zero-order chi connectivity index (χ0) is 19.3. The van der Waals surface area contributed by atoms with Crippen LogP contribution in [-0.2, 0) is 9.53 Å². The number of hydrogen-bond donors (Lipinski definition) is 1. The molecule has 2 rings (SSSR count). The highest BCUT2D eigenvalue weighted by atomic mass is 19.1. The molecule has 9 heteroatoms. The van der Waals surface area contributed by atoms with Crippen molar-refractivity contribution in [2.75, 3.05) is 12.4 Å². The monoisotopic (exact) mass is 362 g/mol. The van der Waals surface area contributed by atoms with Gasteiger partial charge in [-0.25, -0.2) is 9.18 Å². The summed E-state index contributed by atoms with van der Waals surface area (Å²) in [6.07, 6.45) is -1.25. The van der Waals surface area contributed by atoms with Gasteiger partial charge in [-0.2, -0.15) is 0 Å². The van der Waals surface area contributed by atoms with Crippen molar-refractivity contribution in [3.63, 3.8) is 0 Å². The second kappa shape index (κ2) is 8.06. The topological polar surface area (TPSA) is 108 Å². The van der Waals surface area contributed by atoms with Gasteiger partial charge in [-0.3, -0.25) is 14.9 Å². The number of hydrogen-bond acceptors (Lipinski definition) is 6. The Morgan fingerprint density at radius 3 is 2.54 bits per heavy atom. The fourth-order valence-corrected chi connectivity index (χ4v) is 2.04. The number of ether oxygens (including phenoxy) is 2. The predicted molar refractivity (Wildman–Crippen MR) is 89.6 cm³/mol. The zero-order valence-electron chi connectivity index (χ0n) is 13.9. The molecule has 0 spiro atoms. The molecular formula is C17H15FN2O6. The fraction of sp³-hybridized carbons (Fsp3) is 0.176. The summed E-state index contributed by atoms with van der Waals surface area (Å²) in [6.45, 7) is 1.30. The Hall–Kier alpha value is -3.49. The molecule has 136 valence electrons. The minimum Gasteiger partial charge on any atom is -0.490 e. The van der Waals surface area contributed by atoms with Crippen LogP contribution in [0.4, 0.5) is 15.8 Å². The first-order valence-corrected chi connectivity index (χ1v) is 7.42. The lowest BCUT2D eigenvalue weighted by Gasteiger charge is -2.14. The Labute approximate surface area is 147 Å². The summed E-state index contributed by atoms with van der Waals surface area (Å²) >= 11 is 0. The normalized spacial score (nSPS) is 11.3. The number of nitro groups is 1. The van der Waals surface area contributed by atoms with Crippen LogP contribution >= 0.6 is 0 Å². The summed E-state index contributed by atoms with van der Waals surface area (Å²) in [5.74, 6) is -2.33. The molecule has 2 aromatic carbocycles. The molecule has 0 aliphatic rings. The number of benzene rings is 2. The Morgan fingerprint density at radius 2 is 1.92 bits per heavy atom. The molecule has 0 saturated carbocycles. The van der Waals surface area contributed by atoms with Gasteiger partial charge in [0.25, 0.3) is 5.91 Å². The molecule has 0 radical (unpaired) electrons. The van der Waals surface area contributed by atoms with Crippen molar-refractivity contribution >= 4 is 23.3 Å². The van der Waals surface area contributed by atoms with Gasteiger partial charge in [-0.15, -0.1) is 0 Å². The number of amides is 1. The van der Waals surface area contributed by atoms with Crippen molar-refractivity contribution in [1.29, 1.82) is 0 Å². The first-order chi connectivity index (χ1) is 12.3. The van der Waals surface area contributed by atoms with E-state index in [1.165, 1.54) is 50.4 Å². The van der Waals surface area contributed by atoms with Gasteiger partial charge in [0.2, 0.25) is 0 Å². The number of rotatable bonds is 6. The minimum atomic E-state index is -1.25. The molecule has 1 N–H and O–H groups in total. The molecular weight excluding hydrogens is 347 g/mol. The maximum atomic E-state index is 13.5. The first kappa shape index (κ1) is 18.8. The Kier molecular flexibility index (Phi) is 5.84. The van der Waals surface area contributed by atoms with Gasteiger partial charge in [-0.1, -0.05) is 12.1 Å². The molecule has 8 nitrogen and oxygen atoms in total. The summed E-state index contributed by atoms with van der Waals surface area (Å²) in [7, 11) is 1.26. The van der Waals surface area contributed by atoms with E-state index in [4.69, 9.17) is 9.47 Å². The van der Waals surface area contributed by atoms with Crippen LogP contribution in [0.15, 0.2) is 42.5 Å². The van der Waals surface area contributed by atoms with E-state index < -0.39 is 34.4 Å². The lowest BCUT2D eigenvalue weighted by atomic mass is 10.2. The largest absolute Gasteiger partial charge is 0.490 e. The third kappa shape index (κ3) is 4.32. The molecule has 0 bridgehead atoms. The molecule has 1 amide bonds. The number of carbonyl (C=O) groups excluding carboxylic acids is 2. The molecule has 26 heavy (non-hydrogen) atoms. The van der Waals surface area contributed by atoms with E-state index in [1.54, 1.807) is 0 Å². The summed E-state index contributed by atoms with van der Waals surface area (Å²) < 4.78 is 23.4. The number of esters is 1. The van der Waals surface area contributed by atoms with E-state index >= 15 is 0 Å². The standard InChI is InChI=1S/C17H15FN2O6/c1-10(16(21)19-13-6-4-3-5-12(13)18)26-17(22)11-7-8-15(25-2)14(9-11)20(23)24/h3-10H,1-2H3,(H,19,21)/t10-/m1/s1. The van der Waals surface area contributed by atoms with Crippen LogP contribution in [0.5, 0.6) is 5.75 Å². The van der Waals surface area contributed by atoms with E-state index in [0.717, 1.165) is 6.07 Å². The molecule has 0 unspecified atom stereocenters. The highest BCUT2D eigenvalue weighted by Crippen LogP contribution is 2.28. The number of nitro benzene ring substituents is 1. The smallest absolute Gasteiger partial charge is 0.339 e. The molecule has 0 saturated heterocycles. The van der Waals surface area contributed by atoms with Crippen LogP contribution < -0.4 is 10.1 Å². The highest BCUT2D eigenvalue weighted by molar-refractivity contribution is 5.97. The predicted octanol–water partition coefficient (Wildman–Crippen LogP) is 2.93. The van der Waals surface area contributed by atoms with E-state index in [2.05, 4.69) is 5.32 Å². The van der Waals surface area contributed by atoms with Gasteiger partial charge in [-0.05, 0) is 31.2 Å². The quantitative estimate of drug-likeness (QED) is 0.481. The molecule has 2 aromatic rings. The van der Waals surface area contributed by atoms with E-state index in [9.17, 15) is 24.1 Å². The van der Waals surface area contributed by atoms with Crippen molar-refractivity contribution in [1.82, 2.24) is 0 Å². The first-order valence-electron chi connectivity index (χ1n) is 7.42. The Balaban J connectivity index is 2.09. The molecule has 0 heterocycles. The maximum absolute atomic E-state index is 13.5. The van der Waals surface area contributed by atoms with Crippen LogP contribution in [0.1, 0.15) is 17.3 Å². The molecule has 0 aliphatic carbocycles. The van der Waals surface area contributed by atoms with Crippen LogP contribution in [0.25, 0.3) is 0 Å². The highest BCUT2D eigenvalue weighted by Gasteiger charge is 2.23. The average molecular weight is 362 g/mol. The Morgan fingerprint density at radius 1 is 1.23 bits per heavy atom. The van der Waals surface area contributed by atoms with Gasteiger partial charge < -0.3 is 14.8 Å². The Bertz CT molecular complexity index is 855. The van der Waals surface area contributed by atoms with Crippen molar-refractivity contribution in [3.8, 4) is 5.75 Å². The number of para-hydroxylation sites is 1. The number of halogens is 1. The van der Waals surface area contributed by atoms with Gasteiger partial charge >= 0.3 is 11.7 Å². The lowest BCUT2D eigenvalue weighted by molar-refractivity contribution is -0.385. The third-order valence-corrected chi connectivity index (χ3v) is 3.40. The van der Waals surface area contributed by atoms with Gasteiger partial charge in [0.05, 0.1) is 23.3 Å². The molecule has 1 atom stereocenters. The minimum absolute atomic E-state index is 0.0168. The molecule has 0 aliphatic heterocycles. The average Bonchev–Trinajstić information content (AvgIpc) is 2.62. The van der Waals surface area contributed by atoms with E-state index in [1.807, 2.05) is 0 Å². The summed E-state index contributed by atoms with van der Waals surface area (Å²) in [5.41, 5.74) is -0.589. The summed E-state index contributed by atoms with van der Waals surface area (Å²) in [4.78, 5) is 34.4. The van der Waals surface area contributed by atoms with Crippen molar-refractivity contribution in [2.24, 2.45) is 0 Å². The number of nitrogens with one attached hydrogen (secondary N) is 1. The van der Waals surface area contributed by atoms with Crippen LogP contribution in [0.3, 0.4) is 0 Å². The number of methoxy groups -OCH3 is 1. The second-order valence-electron chi connectivity index (χ2n) is 5.16. The maximum Gasteiger partial charge on any atom is 0.339 e. The van der Waals surface area contributed by atoms with Crippen molar-refractivity contribution < 1.29 is 28.4 Å². The lowest BCUT2D eigenvalue weighted by Crippen LogP contribution is -2.30. The zero-order valence-corrected chi connectivity index (χ0v) is 13.9. The third-order valence-electron chi connectivity index (χ3n) is 3.40. The van der Waals surface area contributed by atoms with Crippen molar-refractivity contribution in [3.05, 3.63) is 64.0 Å². The molecule has 0 aromatic heterocycles. The summed E-state index contributed by atoms with van der Waals surface area (Å²) in [5, 5.41) is 13.3. The van der Waals surface area contributed by atoms with Crippen LogP contribution in [0.2, 0.25) is 0 Å². The van der Waals surface area contributed by atoms with Crippen LogP contribution in [-0.4, -0.2) is 30.0 Å². The van der Waals surface area contributed by atoms with Gasteiger partial charge in [0.15, 0.2) is 11.9 Å². The van der Waals surface area contributed by atoms with Gasteiger partial charge in [0, 0.05) is 6.07 Å². The van der Waals surface area contributed by atoms with Crippen LogP contribution in [0, 0.1) is 15.9 Å². The van der Waals surface area contributed by atoms with Gasteiger partial charge in [0.1, 0.15) is 5.82 Å². The summed E-state index contributed by atoms with van der Waals surface area (Å²) in [6, 6.07) is 9.03. The fourth-order valence-electron chi connectivity index (χ4n) is 2.04. The van der Waals surface area contributed by atoms with E-state index in [0.29, 0.717) is 0 Å². The second-order valence-corrected chi connectivity index (χ2v) is 5.16. The van der Waals surface area contributed by atoms with Crippen molar-refractivity contribution in [2.45, 2.75) is 13.0 Å². The number of nitrogens with zero attached hydrogens (tertiary/aromatic N) is 1. The number of anilines is 1. The SMILES string of the molecule is COc1ccc(C(=O)O[C@H](C)C(=O)Nc2ccccc2F)cc1[N+](=O)[O-]. The number of carbonyl (C=O) groups is 2.